The van der Waals surface area contributed by atoms with Gasteiger partial charge < -0.3 is 4.74 Å². The van der Waals surface area contributed by atoms with Crippen molar-refractivity contribution in [3.63, 3.8) is 0 Å². The molecule has 0 bridgehead atoms. The summed E-state index contributed by atoms with van der Waals surface area (Å²) < 4.78 is 5.35. The zero-order valence-electron chi connectivity index (χ0n) is 16.7. The van der Waals surface area contributed by atoms with Crippen LogP contribution in [0.4, 0.5) is 0 Å². The summed E-state index contributed by atoms with van der Waals surface area (Å²) in [5.74, 6) is 0.467. The van der Waals surface area contributed by atoms with Crippen LogP contribution in [0.15, 0.2) is 0 Å². The van der Waals surface area contributed by atoms with E-state index >= 15 is 0 Å². The Kier molecular flexibility index (Phi) is 22.5. The topological polar surface area (TPSA) is 33.1 Å². The molecule has 146 valence electrons. The molecule has 3 heteroatoms. The van der Waals surface area contributed by atoms with E-state index in [0.29, 0.717) is 5.90 Å². The predicted octanol–water partition coefficient (Wildman–Crippen LogP) is 8.07. The van der Waals surface area contributed by atoms with Gasteiger partial charge in [-0.2, -0.15) is 0 Å². The molecule has 0 aromatic carbocycles. The molecule has 0 aromatic rings. The van der Waals surface area contributed by atoms with Crippen LogP contribution in [-0.4, -0.2) is 12.0 Å². The molecule has 0 atom stereocenters. The zero-order chi connectivity index (χ0) is 17.2. The van der Waals surface area contributed by atoms with Crippen LogP contribution in [0, 0.1) is 5.41 Å². The van der Waals surface area contributed by atoms with Crippen LogP contribution in [-0.2, 0) is 4.74 Å². The quantitative estimate of drug-likeness (QED) is 0.158. The number of unbranched alkanes of at least 4 members (excludes halogenated alkanes) is 14. The van der Waals surface area contributed by atoms with Crippen molar-refractivity contribution in [1.82, 2.24) is 0 Å². The summed E-state index contributed by atoms with van der Waals surface area (Å²) in [5, 5.41) is 7.67. The highest BCUT2D eigenvalue weighted by molar-refractivity contribution is 5.85. The van der Waals surface area contributed by atoms with E-state index in [-0.39, 0.29) is 18.5 Å². The second kappa shape index (κ2) is 20.8. The Balaban J connectivity index is 0. The van der Waals surface area contributed by atoms with E-state index in [4.69, 9.17) is 10.1 Å². The predicted molar refractivity (Wildman–Crippen MR) is 111 cm³/mol. The van der Waals surface area contributed by atoms with Crippen LogP contribution in [0.5, 0.6) is 0 Å². The molecule has 0 saturated heterocycles. The van der Waals surface area contributed by atoms with Gasteiger partial charge in [-0.15, -0.1) is 12.4 Å². The average Bonchev–Trinajstić information content (AvgIpc) is 2.50. The first kappa shape index (κ1) is 26.0. The van der Waals surface area contributed by atoms with Gasteiger partial charge in [-0.25, -0.2) is 0 Å². The first-order valence-electron chi connectivity index (χ1n) is 10.4. The highest BCUT2D eigenvalue weighted by Crippen LogP contribution is 2.13. The van der Waals surface area contributed by atoms with Crippen molar-refractivity contribution in [1.29, 1.82) is 5.41 Å². The maximum atomic E-state index is 7.67. The standard InChI is InChI=1S/C21H43NO.ClH/c1-4-5-6-7-8-9-10-11-12-13-14-15-16-17-18-19-21(22)23-20(2)3;/h20,22H,4-19H2,1-3H3;1H. The summed E-state index contributed by atoms with van der Waals surface area (Å²) in [6.07, 6.45) is 21.8. The Labute approximate surface area is 158 Å². The van der Waals surface area contributed by atoms with Crippen molar-refractivity contribution in [2.24, 2.45) is 0 Å². The largest absolute Gasteiger partial charge is 0.478 e. The van der Waals surface area contributed by atoms with Gasteiger partial charge >= 0.3 is 0 Å². The van der Waals surface area contributed by atoms with Crippen LogP contribution in [0.25, 0.3) is 0 Å². The second-order valence-corrected chi connectivity index (χ2v) is 7.29. The van der Waals surface area contributed by atoms with Crippen molar-refractivity contribution < 1.29 is 4.74 Å². The van der Waals surface area contributed by atoms with Gasteiger partial charge in [0, 0.05) is 6.42 Å². The van der Waals surface area contributed by atoms with E-state index in [9.17, 15) is 0 Å². The van der Waals surface area contributed by atoms with Crippen molar-refractivity contribution in [3.05, 3.63) is 0 Å². The zero-order valence-corrected chi connectivity index (χ0v) is 17.5. The van der Waals surface area contributed by atoms with E-state index < -0.39 is 0 Å². The Morgan fingerprint density at radius 2 is 1.00 bits per heavy atom. The first-order chi connectivity index (χ1) is 11.2. The molecular formula is C21H44ClNO. The number of halogens is 1. The molecule has 2 nitrogen and oxygen atoms in total. The molecule has 0 saturated carbocycles. The maximum absolute atomic E-state index is 7.67. The minimum absolute atomic E-state index is 0. The van der Waals surface area contributed by atoms with E-state index in [1.807, 2.05) is 13.8 Å². The number of ether oxygens (including phenoxy) is 1. The third-order valence-corrected chi connectivity index (χ3v) is 4.39. The van der Waals surface area contributed by atoms with E-state index in [1.165, 1.54) is 89.9 Å². The SMILES string of the molecule is CCCCCCCCCCCCCCCCCC(=N)OC(C)C.Cl. The van der Waals surface area contributed by atoms with Crippen LogP contribution >= 0.6 is 12.4 Å². The summed E-state index contributed by atoms with van der Waals surface area (Å²) in [5.41, 5.74) is 0. The lowest BCUT2D eigenvalue weighted by Gasteiger charge is -2.10. The molecule has 0 aliphatic carbocycles. The molecule has 0 aliphatic heterocycles. The number of nitrogens with one attached hydrogen (secondary N) is 1. The third-order valence-electron chi connectivity index (χ3n) is 4.39. The summed E-state index contributed by atoms with van der Waals surface area (Å²) >= 11 is 0. The van der Waals surface area contributed by atoms with Crippen molar-refractivity contribution >= 4 is 18.3 Å². The molecular weight excluding hydrogens is 318 g/mol. The normalized spacial score (nSPS) is 10.7. The molecule has 0 radical (unpaired) electrons. The molecule has 0 spiro atoms. The highest BCUT2D eigenvalue weighted by atomic mass is 35.5. The van der Waals surface area contributed by atoms with E-state index in [2.05, 4.69) is 6.92 Å². The van der Waals surface area contributed by atoms with Crippen LogP contribution in [0.2, 0.25) is 0 Å². The van der Waals surface area contributed by atoms with Crippen molar-refractivity contribution in [3.8, 4) is 0 Å². The molecule has 0 aromatic heterocycles. The van der Waals surface area contributed by atoms with Gasteiger partial charge in [0.15, 0.2) is 5.90 Å². The van der Waals surface area contributed by atoms with Crippen LogP contribution in [0.1, 0.15) is 124 Å². The summed E-state index contributed by atoms with van der Waals surface area (Å²) in [4.78, 5) is 0. The molecule has 24 heavy (non-hydrogen) atoms. The lowest BCUT2D eigenvalue weighted by molar-refractivity contribution is 0.218. The number of hydrogen-bond donors (Lipinski definition) is 1. The minimum Gasteiger partial charge on any atom is -0.478 e. The van der Waals surface area contributed by atoms with Crippen LogP contribution < -0.4 is 0 Å². The smallest absolute Gasteiger partial charge is 0.180 e. The lowest BCUT2D eigenvalue weighted by Crippen LogP contribution is -2.10. The van der Waals surface area contributed by atoms with Crippen LogP contribution in [0.3, 0.4) is 0 Å². The Morgan fingerprint density at radius 3 is 1.33 bits per heavy atom. The summed E-state index contributed by atoms with van der Waals surface area (Å²) in [6.45, 7) is 6.26. The Morgan fingerprint density at radius 1 is 0.667 bits per heavy atom. The molecule has 0 heterocycles. The molecule has 1 N–H and O–H groups in total. The van der Waals surface area contributed by atoms with E-state index in [1.54, 1.807) is 0 Å². The van der Waals surface area contributed by atoms with Gasteiger partial charge in [0.1, 0.15) is 0 Å². The lowest BCUT2D eigenvalue weighted by atomic mass is 10.0. The average molecular weight is 362 g/mol. The second-order valence-electron chi connectivity index (χ2n) is 7.29. The monoisotopic (exact) mass is 361 g/mol. The van der Waals surface area contributed by atoms with Gasteiger partial charge in [0.2, 0.25) is 0 Å². The Bertz CT molecular complexity index is 256. The van der Waals surface area contributed by atoms with E-state index in [0.717, 1.165) is 12.8 Å². The summed E-state index contributed by atoms with van der Waals surface area (Å²) in [7, 11) is 0. The highest BCUT2D eigenvalue weighted by Gasteiger charge is 2.00. The van der Waals surface area contributed by atoms with Gasteiger partial charge in [-0.05, 0) is 20.3 Å². The van der Waals surface area contributed by atoms with Gasteiger partial charge in [-0.3, -0.25) is 5.41 Å². The molecule has 0 rings (SSSR count). The fraction of sp³-hybridized carbons (Fsp3) is 0.952. The Hall–Kier alpha value is -0.240. The molecule has 0 fully saturated rings. The van der Waals surface area contributed by atoms with Gasteiger partial charge in [0.05, 0.1) is 6.10 Å². The third kappa shape index (κ3) is 21.8. The minimum atomic E-state index is 0. The summed E-state index contributed by atoms with van der Waals surface area (Å²) in [6, 6.07) is 0. The fourth-order valence-corrected chi connectivity index (χ4v) is 3.00. The maximum Gasteiger partial charge on any atom is 0.180 e. The fourth-order valence-electron chi connectivity index (χ4n) is 3.00. The first-order valence-corrected chi connectivity index (χ1v) is 10.4. The van der Waals surface area contributed by atoms with Gasteiger partial charge in [-0.1, -0.05) is 96.8 Å². The van der Waals surface area contributed by atoms with Crippen molar-refractivity contribution in [2.45, 2.75) is 130 Å². The molecule has 0 aliphatic rings. The number of rotatable bonds is 17. The van der Waals surface area contributed by atoms with Crippen molar-refractivity contribution in [2.75, 3.05) is 0 Å². The van der Waals surface area contributed by atoms with Gasteiger partial charge in [0.25, 0.3) is 0 Å². The molecule has 0 amide bonds. The molecule has 0 unspecified atom stereocenters. The number of hydrogen-bond acceptors (Lipinski definition) is 2.